The average Bonchev–Trinajstić information content (AvgIpc) is 2.45. The fraction of sp³-hybridized carbons (Fsp3) is 0.588. The Hall–Kier alpha value is -1.39. The van der Waals surface area contributed by atoms with E-state index >= 15 is 0 Å². The van der Waals surface area contributed by atoms with E-state index in [1.807, 2.05) is 0 Å². The van der Waals surface area contributed by atoms with Gasteiger partial charge in [-0.1, -0.05) is 43.7 Å². The number of carbonyl (C=O) groups excluding carboxylic acids is 1. The first-order valence-corrected chi connectivity index (χ1v) is 7.36. The molecule has 1 aromatic rings. The number of methoxy groups -OCH3 is 1. The van der Waals surface area contributed by atoms with E-state index in [4.69, 9.17) is 9.47 Å². The van der Waals surface area contributed by atoms with Gasteiger partial charge >= 0.3 is 0 Å². The molecule has 0 aliphatic carbocycles. The van der Waals surface area contributed by atoms with Crippen LogP contribution in [0.5, 0.6) is 0 Å². The summed E-state index contributed by atoms with van der Waals surface area (Å²) >= 11 is 0. The number of benzene rings is 1. The number of ether oxygens (including phenoxy) is 2. The predicted molar refractivity (Wildman–Crippen MR) is 84.5 cm³/mol. The number of aryl methyl sites for hydroxylation is 1. The SMILES string of the molecule is COCCOCCC(=O)NCC(C)(C)c1ccc(C)cc1. The highest BCUT2D eigenvalue weighted by Gasteiger charge is 2.21. The van der Waals surface area contributed by atoms with E-state index in [-0.39, 0.29) is 11.3 Å². The number of hydrogen-bond acceptors (Lipinski definition) is 3. The number of hydrogen-bond donors (Lipinski definition) is 1. The normalized spacial score (nSPS) is 11.4. The molecule has 1 N–H and O–H groups in total. The summed E-state index contributed by atoms with van der Waals surface area (Å²) in [5, 5.41) is 2.98. The van der Waals surface area contributed by atoms with Crippen LogP contribution in [0, 0.1) is 6.92 Å². The Kier molecular flexibility index (Phi) is 7.40. The summed E-state index contributed by atoms with van der Waals surface area (Å²) in [6.07, 6.45) is 0.383. The zero-order valence-corrected chi connectivity index (χ0v) is 13.6. The van der Waals surface area contributed by atoms with E-state index in [9.17, 15) is 4.79 Å². The van der Waals surface area contributed by atoms with E-state index in [2.05, 4.69) is 50.4 Å². The molecule has 1 aromatic carbocycles. The lowest BCUT2D eigenvalue weighted by Gasteiger charge is -2.26. The Balaban J connectivity index is 2.32. The fourth-order valence-corrected chi connectivity index (χ4v) is 1.92. The second-order valence-electron chi connectivity index (χ2n) is 5.88. The highest BCUT2D eigenvalue weighted by molar-refractivity contribution is 5.76. The van der Waals surface area contributed by atoms with E-state index in [0.29, 0.717) is 32.8 Å². The molecule has 0 heterocycles. The summed E-state index contributed by atoms with van der Waals surface area (Å²) in [4.78, 5) is 11.8. The number of nitrogens with one attached hydrogen (secondary N) is 1. The van der Waals surface area contributed by atoms with Crippen LogP contribution in [0.25, 0.3) is 0 Å². The van der Waals surface area contributed by atoms with Gasteiger partial charge in [0.25, 0.3) is 0 Å². The van der Waals surface area contributed by atoms with Crippen LogP contribution in [-0.2, 0) is 19.7 Å². The van der Waals surface area contributed by atoms with Crippen molar-refractivity contribution in [1.82, 2.24) is 5.32 Å². The van der Waals surface area contributed by atoms with Crippen LogP contribution in [0.15, 0.2) is 24.3 Å². The lowest BCUT2D eigenvalue weighted by molar-refractivity contribution is -0.122. The van der Waals surface area contributed by atoms with Crippen LogP contribution in [0.2, 0.25) is 0 Å². The Bertz CT molecular complexity index is 426. The second kappa shape index (κ2) is 8.80. The van der Waals surface area contributed by atoms with Crippen molar-refractivity contribution < 1.29 is 14.3 Å². The Morgan fingerprint density at radius 1 is 1.14 bits per heavy atom. The molecule has 0 fully saturated rings. The summed E-state index contributed by atoms with van der Waals surface area (Å²) in [6, 6.07) is 8.44. The van der Waals surface area contributed by atoms with Gasteiger partial charge in [-0.2, -0.15) is 0 Å². The fourth-order valence-electron chi connectivity index (χ4n) is 1.92. The molecule has 21 heavy (non-hydrogen) atoms. The molecule has 4 nitrogen and oxygen atoms in total. The molecule has 4 heteroatoms. The second-order valence-corrected chi connectivity index (χ2v) is 5.88. The Morgan fingerprint density at radius 2 is 1.81 bits per heavy atom. The van der Waals surface area contributed by atoms with Gasteiger partial charge in [0.2, 0.25) is 5.91 Å². The molecule has 0 aromatic heterocycles. The van der Waals surface area contributed by atoms with Gasteiger partial charge < -0.3 is 14.8 Å². The van der Waals surface area contributed by atoms with Crippen LogP contribution >= 0.6 is 0 Å². The summed E-state index contributed by atoms with van der Waals surface area (Å²) < 4.78 is 10.2. The lowest BCUT2D eigenvalue weighted by Crippen LogP contribution is -2.37. The van der Waals surface area contributed by atoms with Crippen molar-refractivity contribution in [2.75, 3.05) is 33.5 Å². The molecule has 0 aliphatic rings. The molecule has 1 rings (SSSR count). The zero-order chi connectivity index (χ0) is 15.7. The smallest absolute Gasteiger partial charge is 0.222 e. The van der Waals surface area contributed by atoms with Crippen LogP contribution in [0.1, 0.15) is 31.4 Å². The first kappa shape index (κ1) is 17.7. The van der Waals surface area contributed by atoms with E-state index in [1.54, 1.807) is 7.11 Å². The minimum absolute atomic E-state index is 0.0209. The average molecular weight is 293 g/mol. The Labute approximate surface area is 127 Å². The van der Waals surface area contributed by atoms with E-state index in [1.165, 1.54) is 11.1 Å². The quantitative estimate of drug-likeness (QED) is 0.711. The molecular weight excluding hydrogens is 266 g/mol. The maximum Gasteiger partial charge on any atom is 0.222 e. The van der Waals surface area contributed by atoms with Gasteiger partial charge in [-0.25, -0.2) is 0 Å². The highest BCUT2D eigenvalue weighted by atomic mass is 16.5. The number of rotatable bonds is 9. The summed E-state index contributed by atoms with van der Waals surface area (Å²) in [7, 11) is 1.63. The predicted octanol–water partition coefficient (Wildman–Crippen LogP) is 2.44. The molecular formula is C17H27NO3. The van der Waals surface area contributed by atoms with Gasteiger partial charge in [-0.05, 0) is 12.5 Å². The topological polar surface area (TPSA) is 47.6 Å². The van der Waals surface area contributed by atoms with Crippen LogP contribution in [0.4, 0.5) is 0 Å². The van der Waals surface area contributed by atoms with Gasteiger partial charge in [-0.15, -0.1) is 0 Å². The standard InChI is InChI=1S/C17H27NO3/c1-14-5-7-15(8-6-14)17(2,3)13-18-16(19)9-10-21-12-11-20-4/h5-8H,9-13H2,1-4H3,(H,18,19). The van der Waals surface area contributed by atoms with E-state index in [0.717, 1.165) is 0 Å². The molecule has 0 radical (unpaired) electrons. The van der Waals surface area contributed by atoms with Gasteiger partial charge in [0.15, 0.2) is 0 Å². The van der Waals surface area contributed by atoms with Crippen molar-refractivity contribution in [2.45, 2.75) is 32.6 Å². The van der Waals surface area contributed by atoms with Crippen molar-refractivity contribution in [3.8, 4) is 0 Å². The molecule has 0 bridgehead atoms. The monoisotopic (exact) mass is 293 g/mol. The first-order chi connectivity index (χ1) is 9.95. The van der Waals surface area contributed by atoms with Crippen molar-refractivity contribution in [2.24, 2.45) is 0 Å². The molecule has 1 amide bonds. The minimum atomic E-state index is -0.0831. The van der Waals surface area contributed by atoms with Crippen molar-refractivity contribution in [1.29, 1.82) is 0 Å². The Morgan fingerprint density at radius 3 is 2.43 bits per heavy atom. The lowest BCUT2D eigenvalue weighted by atomic mass is 9.84. The summed E-state index contributed by atoms with van der Waals surface area (Å²) in [6.45, 7) is 8.47. The third-order valence-electron chi connectivity index (χ3n) is 3.47. The molecule has 0 spiro atoms. The number of amides is 1. The maximum atomic E-state index is 11.8. The minimum Gasteiger partial charge on any atom is -0.382 e. The van der Waals surface area contributed by atoms with Crippen LogP contribution in [-0.4, -0.2) is 39.4 Å². The molecule has 0 unspecified atom stereocenters. The molecule has 0 aliphatic heterocycles. The van der Waals surface area contributed by atoms with Gasteiger partial charge in [0.1, 0.15) is 0 Å². The van der Waals surface area contributed by atoms with Gasteiger partial charge in [0, 0.05) is 25.5 Å². The largest absolute Gasteiger partial charge is 0.382 e. The van der Waals surface area contributed by atoms with Gasteiger partial charge in [-0.3, -0.25) is 4.79 Å². The molecule has 0 saturated heterocycles. The molecule has 0 saturated carbocycles. The summed E-state index contributed by atoms with van der Waals surface area (Å²) in [5.41, 5.74) is 2.39. The molecule has 0 atom stereocenters. The van der Waals surface area contributed by atoms with Crippen LogP contribution < -0.4 is 5.32 Å². The van der Waals surface area contributed by atoms with Crippen molar-refractivity contribution >= 4 is 5.91 Å². The van der Waals surface area contributed by atoms with Crippen molar-refractivity contribution in [3.63, 3.8) is 0 Å². The van der Waals surface area contributed by atoms with Crippen molar-refractivity contribution in [3.05, 3.63) is 35.4 Å². The zero-order valence-electron chi connectivity index (χ0n) is 13.6. The van der Waals surface area contributed by atoms with Gasteiger partial charge in [0.05, 0.1) is 19.8 Å². The maximum absolute atomic E-state index is 11.8. The van der Waals surface area contributed by atoms with E-state index < -0.39 is 0 Å². The first-order valence-electron chi connectivity index (χ1n) is 7.36. The third kappa shape index (κ3) is 6.74. The van der Waals surface area contributed by atoms with Crippen LogP contribution in [0.3, 0.4) is 0 Å². The number of carbonyl (C=O) groups is 1. The third-order valence-corrected chi connectivity index (χ3v) is 3.47. The molecule has 118 valence electrons. The highest BCUT2D eigenvalue weighted by Crippen LogP contribution is 2.22. The summed E-state index contributed by atoms with van der Waals surface area (Å²) in [5.74, 6) is 0.0209.